The van der Waals surface area contributed by atoms with Gasteiger partial charge in [0.15, 0.2) is 11.5 Å². The van der Waals surface area contributed by atoms with Crippen LogP contribution in [-0.2, 0) is 5.41 Å². The van der Waals surface area contributed by atoms with E-state index in [0.29, 0.717) is 6.54 Å². The first kappa shape index (κ1) is 19.7. The fourth-order valence-corrected chi connectivity index (χ4v) is 4.82. The van der Waals surface area contributed by atoms with E-state index in [2.05, 4.69) is 81.1 Å². The number of piperidine rings is 1. The topological polar surface area (TPSA) is 83.7 Å². The first-order valence-corrected chi connectivity index (χ1v) is 10.9. The van der Waals surface area contributed by atoms with Crippen LogP contribution in [0.1, 0.15) is 29.5 Å². The van der Waals surface area contributed by atoms with E-state index in [4.69, 9.17) is 5.73 Å². The number of aromatic amines is 1. The average Bonchev–Trinajstić information content (AvgIpc) is 3.30. The van der Waals surface area contributed by atoms with Crippen LogP contribution in [0.5, 0.6) is 0 Å². The van der Waals surface area contributed by atoms with Crippen LogP contribution < -0.4 is 10.6 Å². The summed E-state index contributed by atoms with van der Waals surface area (Å²) in [6.07, 6.45) is 5.25. The van der Waals surface area contributed by atoms with Gasteiger partial charge in [0.05, 0.1) is 6.33 Å². The summed E-state index contributed by atoms with van der Waals surface area (Å²) < 4.78 is 0. The number of fused-ring (bicyclic) bond motifs is 1. The highest BCUT2D eigenvalue weighted by molar-refractivity contribution is 5.82. The summed E-state index contributed by atoms with van der Waals surface area (Å²) in [5.41, 5.74) is 14.6. The third-order valence-electron chi connectivity index (χ3n) is 7.00. The van der Waals surface area contributed by atoms with Crippen molar-refractivity contribution in [3.63, 3.8) is 0 Å². The molecule has 0 amide bonds. The Morgan fingerprint density at radius 1 is 1.03 bits per heavy atom. The van der Waals surface area contributed by atoms with Crippen LogP contribution in [0.4, 0.5) is 5.82 Å². The average molecular weight is 413 g/mol. The highest BCUT2D eigenvalue weighted by atomic mass is 15.2. The number of anilines is 1. The molecule has 4 aromatic rings. The Morgan fingerprint density at radius 2 is 1.84 bits per heavy atom. The molecule has 5 rings (SSSR count). The molecule has 1 fully saturated rings. The largest absolute Gasteiger partial charge is 0.355 e. The van der Waals surface area contributed by atoms with Crippen molar-refractivity contribution < 1.29 is 0 Å². The number of H-pyrrole nitrogens is 1. The molecule has 2 aromatic heterocycles. The van der Waals surface area contributed by atoms with Gasteiger partial charge in [0.1, 0.15) is 11.8 Å². The van der Waals surface area contributed by atoms with Crippen LogP contribution in [0.2, 0.25) is 0 Å². The lowest BCUT2D eigenvalue weighted by atomic mass is 9.72. The van der Waals surface area contributed by atoms with Crippen LogP contribution >= 0.6 is 0 Å². The number of nitrogens with one attached hydrogen (secondary N) is 1. The predicted octanol–water partition coefficient (Wildman–Crippen LogP) is 4.13. The van der Waals surface area contributed by atoms with Crippen LogP contribution in [0.15, 0.2) is 55.1 Å². The van der Waals surface area contributed by atoms with Gasteiger partial charge in [0.25, 0.3) is 0 Å². The van der Waals surface area contributed by atoms with Gasteiger partial charge in [-0.1, -0.05) is 42.5 Å². The minimum absolute atomic E-state index is 0.0258. The molecule has 2 aromatic carbocycles. The van der Waals surface area contributed by atoms with Gasteiger partial charge < -0.3 is 15.6 Å². The summed E-state index contributed by atoms with van der Waals surface area (Å²) in [6, 6.07) is 15.5. The van der Waals surface area contributed by atoms with E-state index in [1.54, 1.807) is 12.7 Å². The molecule has 3 heterocycles. The van der Waals surface area contributed by atoms with Gasteiger partial charge in [0, 0.05) is 25.0 Å². The molecule has 1 saturated heterocycles. The van der Waals surface area contributed by atoms with Crippen molar-refractivity contribution in [2.45, 2.75) is 32.1 Å². The molecule has 0 aliphatic carbocycles. The standard InChI is InChI=1S/C25H28N6/c1-17-5-3-8-21(18(17)2)19-6-4-7-20(13-19)25(14-26)9-11-31(12-10-25)24-22-23(28-15-27-22)29-16-30-24/h3-8,13,15-16H,9-12,14,26H2,1-2H3,(H,27,28,29,30). The molecular weight excluding hydrogens is 384 g/mol. The molecule has 0 atom stereocenters. The van der Waals surface area contributed by atoms with Gasteiger partial charge >= 0.3 is 0 Å². The number of nitrogens with two attached hydrogens (primary N) is 1. The molecule has 0 spiro atoms. The summed E-state index contributed by atoms with van der Waals surface area (Å²) in [6.45, 7) is 6.79. The summed E-state index contributed by atoms with van der Waals surface area (Å²) in [7, 11) is 0. The van der Waals surface area contributed by atoms with Crippen molar-refractivity contribution in [1.82, 2.24) is 19.9 Å². The maximum atomic E-state index is 6.41. The number of nitrogens with zero attached hydrogens (tertiary/aromatic N) is 4. The van der Waals surface area contributed by atoms with Gasteiger partial charge in [-0.25, -0.2) is 15.0 Å². The minimum atomic E-state index is -0.0258. The number of hydrogen-bond donors (Lipinski definition) is 2. The van der Waals surface area contributed by atoms with Gasteiger partial charge in [-0.2, -0.15) is 0 Å². The summed E-state index contributed by atoms with van der Waals surface area (Å²) in [4.78, 5) is 18.6. The van der Waals surface area contributed by atoms with Crippen molar-refractivity contribution in [3.8, 4) is 11.1 Å². The third kappa shape index (κ3) is 3.37. The lowest BCUT2D eigenvalue weighted by molar-refractivity contribution is 0.339. The SMILES string of the molecule is Cc1cccc(-c2cccc(C3(CN)CCN(c4ncnc5[nH]cnc45)CC3)c2)c1C. The summed E-state index contributed by atoms with van der Waals surface area (Å²) in [5, 5.41) is 0. The quantitative estimate of drug-likeness (QED) is 0.526. The van der Waals surface area contributed by atoms with Crippen molar-refractivity contribution in [2.75, 3.05) is 24.5 Å². The molecular formula is C25H28N6. The second-order valence-corrected chi connectivity index (χ2v) is 8.60. The fraction of sp³-hybridized carbons (Fsp3) is 0.320. The minimum Gasteiger partial charge on any atom is -0.355 e. The first-order chi connectivity index (χ1) is 15.1. The molecule has 0 bridgehead atoms. The van der Waals surface area contributed by atoms with E-state index in [1.807, 2.05) is 0 Å². The molecule has 1 aliphatic heterocycles. The van der Waals surface area contributed by atoms with Crippen molar-refractivity contribution in [1.29, 1.82) is 0 Å². The molecule has 158 valence electrons. The zero-order valence-electron chi connectivity index (χ0n) is 18.1. The van der Waals surface area contributed by atoms with E-state index in [0.717, 1.165) is 42.9 Å². The van der Waals surface area contributed by atoms with Gasteiger partial charge in [-0.3, -0.25) is 0 Å². The van der Waals surface area contributed by atoms with E-state index >= 15 is 0 Å². The molecule has 0 unspecified atom stereocenters. The number of hydrogen-bond acceptors (Lipinski definition) is 5. The first-order valence-electron chi connectivity index (χ1n) is 10.9. The van der Waals surface area contributed by atoms with Crippen molar-refractivity contribution in [3.05, 3.63) is 71.8 Å². The third-order valence-corrected chi connectivity index (χ3v) is 7.00. The Hall–Kier alpha value is -3.25. The molecule has 6 nitrogen and oxygen atoms in total. The maximum Gasteiger partial charge on any atom is 0.162 e. The predicted molar refractivity (Wildman–Crippen MR) is 125 cm³/mol. The van der Waals surface area contributed by atoms with Gasteiger partial charge in [-0.15, -0.1) is 0 Å². The Morgan fingerprint density at radius 3 is 2.65 bits per heavy atom. The lowest BCUT2D eigenvalue weighted by Gasteiger charge is -2.42. The van der Waals surface area contributed by atoms with E-state index in [1.165, 1.54) is 27.8 Å². The van der Waals surface area contributed by atoms with E-state index < -0.39 is 0 Å². The number of rotatable bonds is 4. The summed E-state index contributed by atoms with van der Waals surface area (Å²) in [5.74, 6) is 0.904. The number of imidazole rings is 1. The molecule has 3 N–H and O–H groups in total. The van der Waals surface area contributed by atoms with Crippen molar-refractivity contribution >= 4 is 17.0 Å². The zero-order valence-corrected chi connectivity index (χ0v) is 18.1. The fourth-order valence-electron chi connectivity index (χ4n) is 4.82. The second kappa shape index (κ2) is 7.78. The van der Waals surface area contributed by atoms with Crippen LogP contribution in [0, 0.1) is 13.8 Å². The molecule has 0 saturated carbocycles. The lowest BCUT2D eigenvalue weighted by Crippen LogP contribution is -2.47. The van der Waals surface area contributed by atoms with Crippen LogP contribution in [-0.4, -0.2) is 39.6 Å². The smallest absolute Gasteiger partial charge is 0.162 e. The molecule has 6 heteroatoms. The monoisotopic (exact) mass is 412 g/mol. The number of benzene rings is 2. The van der Waals surface area contributed by atoms with Crippen LogP contribution in [0.25, 0.3) is 22.3 Å². The normalized spacial score (nSPS) is 16.0. The molecule has 0 radical (unpaired) electrons. The Balaban J connectivity index is 1.44. The van der Waals surface area contributed by atoms with Crippen molar-refractivity contribution in [2.24, 2.45) is 5.73 Å². The van der Waals surface area contributed by atoms with Gasteiger partial charge in [-0.05, 0) is 54.5 Å². The summed E-state index contributed by atoms with van der Waals surface area (Å²) >= 11 is 0. The molecule has 31 heavy (non-hydrogen) atoms. The highest BCUT2D eigenvalue weighted by Gasteiger charge is 2.36. The van der Waals surface area contributed by atoms with Gasteiger partial charge in [0.2, 0.25) is 0 Å². The highest BCUT2D eigenvalue weighted by Crippen LogP contribution is 2.38. The zero-order chi connectivity index (χ0) is 21.4. The Bertz CT molecular complexity index is 1220. The Labute approximate surface area is 182 Å². The number of aryl methyl sites for hydroxylation is 1. The van der Waals surface area contributed by atoms with E-state index in [9.17, 15) is 0 Å². The maximum absolute atomic E-state index is 6.41. The van der Waals surface area contributed by atoms with E-state index in [-0.39, 0.29) is 5.41 Å². The Kier molecular flexibility index (Phi) is 4.94. The number of aromatic nitrogens is 4. The second-order valence-electron chi connectivity index (χ2n) is 8.60. The molecule has 1 aliphatic rings. The van der Waals surface area contributed by atoms with Crippen LogP contribution in [0.3, 0.4) is 0 Å².